The molecule has 0 spiro atoms. The highest BCUT2D eigenvalue weighted by atomic mass is 16.3. The lowest BCUT2D eigenvalue weighted by Gasteiger charge is -2.35. The summed E-state index contributed by atoms with van der Waals surface area (Å²) in [6.45, 7) is 8.97. The summed E-state index contributed by atoms with van der Waals surface area (Å²) < 4.78 is 0. The molecule has 1 aromatic rings. The lowest BCUT2D eigenvalue weighted by atomic mass is 9.82. The van der Waals surface area contributed by atoms with Crippen LogP contribution in [-0.4, -0.2) is 91.5 Å². The minimum atomic E-state index is 0.213. The van der Waals surface area contributed by atoms with Crippen molar-refractivity contribution in [2.45, 2.75) is 70.3 Å². The molecule has 0 aromatic carbocycles. The van der Waals surface area contributed by atoms with Gasteiger partial charge in [-0.15, -0.1) is 0 Å². The number of β-amino-alcohol motifs (C(OH)–C–C–N with tert-alkyl or cyclic N) is 1. The standard InChI is InChI=1S/C27H50N8O/c28-25-19-26(35-15-13-34(14-16-35)17-18-36)33-27(32-25)31-21-23-9-7-22(8-10-23)20-29-11-4-12-30-24-5-2-1-3-6-24/h19,22-24,29-30,36H,1-18,20-21H2,(H3,28,31,32,33). The zero-order valence-electron chi connectivity index (χ0n) is 22.3. The number of aliphatic hydroxyl groups is 1. The number of nitrogens with zero attached hydrogens (tertiary/aromatic N) is 4. The molecular weight excluding hydrogens is 452 g/mol. The first-order valence-electron chi connectivity index (χ1n) is 14.6. The summed E-state index contributed by atoms with van der Waals surface area (Å²) in [5, 5.41) is 20.1. The topological polar surface area (TPSA) is 115 Å². The van der Waals surface area contributed by atoms with Gasteiger partial charge in [0, 0.05) is 51.4 Å². The van der Waals surface area contributed by atoms with E-state index in [1.54, 1.807) is 0 Å². The smallest absolute Gasteiger partial charge is 0.226 e. The summed E-state index contributed by atoms with van der Waals surface area (Å²) in [5.74, 6) is 3.55. The lowest BCUT2D eigenvalue weighted by molar-refractivity contribution is 0.188. The maximum atomic E-state index is 9.15. The largest absolute Gasteiger partial charge is 0.395 e. The molecule has 1 aromatic heterocycles. The molecule has 2 saturated carbocycles. The number of rotatable bonds is 13. The molecule has 0 amide bonds. The van der Waals surface area contributed by atoms with E-state index in [2.05, 4.69) is 30.7 Å². The SMILES string of the molecule is Nc1cc(N2CCN(CCO)CC2)nc(NCC2CCC(CNCCCNC3CCCCC3)CC2)n1. The van der Waals surface area contributed by atoms with Crippen molar-refractivity contribution in [2.75, 3.05) is 81.5 Å². The van der Waals surface area contributed by atoms with Crippen molar-refractivity contribution >= 4 is 17.6 Å². The maximum Gasteiger partial charge on any atom is 0.226 e. The second-order valence-corrected chi connectivity index (χ2v) is 11.1. The Kier molecular flexibility index (Phi) is 11.3. The summed E-state index contributed by atoms with van der Waals surface area (Å²) in [5.41, 5.74) is 6.11. The van der Waals surface area contributed by atoms with Crippen LogP contribution in [0.5, 0.6) is 0 Å². The third-order valence-corrected chi connectivity index (χ3v) is 8.36. The summed E-state index contributed by atoms with van der Waals surface area (Å²) in [6, 6.07) is 2.65. The van der Waals surface area contributed by atoms with Crippen LogP contribution in [0.25, 0.3) is 0 Å². The first kappa shape index (κ1) is 27.4. The number of nitrogens with two attached hydrogens (primary N) is 1. The van der Waals surface area contributed by atoms with Crippen molar-refractivity contribution < 1.29 is 5.11 Å². The second-order valence-electron chi connectivity index (χ2n) is 11.1. The van der Waals surface area contributed by atoms with Crippen molar-refractivity contribution in [2.24, 2.45) is 11.8 Å². The molecule has 9 nitrogen and oxygen atoms in total. The summed E-state index contributed by atoms with van der Waals surface area (Å²) in [7, 11) is 0. The minimum absolute atomic E-state index is 0.213. The zero-order chi connectivity index (χ0) is 25.0. The molecule has 0 bridgehead atoms. The molecule has 3 fully saturated rings. The van der Waals surface area contributed by atoms with E-state index >= 15 is 0 Å². The molecule has 1 aliphatic heterocycles. The number of hydrogen-bond donors (Lipinski definition) is 5. The highest BCUT2D eigenvalue weighted by Crippen LogP contribution is 2.29. The highest BCUT2D eigenvalue weighted by molar-refractivity contribution is 5.51. The van der Waals surface area contributed by atoms with E-state index in [1.807, 2.05) is 6.07 Å². The number of nitrogens with one attached hydrogen (secondary N) is 3. The van der Waals surface area contributed by atoms with E-state index in [9.17, 15) is 0 Å². The van der Waals surface area contributed by atoms with Gasteiger partial charge >= 0.3 is 0 Å². The van der Waals surface area contributed by atoms with Crippen LogP contribution in [0.3, 0.4) is 0 Å². The van der Waals surface area contributed by atoms with E-state index in [1.165, 1.54) is 64.2 Å². The second kappa shape index (κ2) is 14.9. The molecule has 9 heteroatoms. The van der Waals surface area contributed by atoms with Crippen molar-refractivity contribution in [3.63, 3.8) is 0 Å². The van der Waals surface area contributed by atoms with Gasteiger partial charge in [0.25, 0.3) is 0 Å². The highest BCUT2D eigenvalue weighted by Gasteiger charge is 2.22. The third kappa shape index (κ3) is 9.01. The summed E-state index contributed by atoms with van der Waals surface area (Å²) in [6.07, 6.45) is 13.4. The molecule has 204 valence electrons. The van der Waals surface area contributed by atoms with E-state index in [0.29, 0.717) is 17.7 Å². The number of aliphatic hydroxyl groups excluding tert-OH is 1. The Morgan fingerprint density at radius 3 is 2.33 bits per heavy atom. The van der Waals surface area contributed by atoms with Crippen LogP contribution < -0.4 is 26.6 Å². The normalized spacial score (nSPS) is 24.2. The Labute approximate surface area is 218 Å². The van der Waals surface area contributed by atoms with Gasteiger partial charge < -0.3 is 31.7 Å². The molecule has 36 heavy (non-hydrogen) atoms. The van der Waals surface area contributed by atoms with E-state index in [-0.39, 0.29) is 6.61 Å². The lowest BCUT2D eigenvalue weighted by Crippen LogP contribution is -2.47. The zero-order valence-corrected chi connectivity index (χ0v) is 22.3. The Hall–Kier alpha value is -1.68. The Morgan fingerprint density at radius 1 is 0.889 bits per heavy atom. The third-order valence-electron chi connectivity index (χ3n) is 8.36. The molecule has 0 unspecified atom stereocenters. The molecule has 1 saturated heterocycles. The van der Waals surface area contributed by atoms with Gasteiger partial charge in [0.05, 0.1) is 6.61 Å². The molecule has 0 atom stereocenters. The van der Waals surface area contributed by atoms with Crippen LogP contribution in [0.4, 0.5) is 17.6 Å². The van der Waals surface area contributed by atoms with Gasteiger partial charge in [-0.25, -0.2) is 0 Å². The average Bonchev–Trinajstić information content (AvgIpc) is 2.91. The van der Waals surface area contributed by atoms with Gasteiger partial charge in [-0.05, 0) is 76.4 Å². The Bertz CT molecular complexity index is 743. The first-order chi connectivity index (χ1) is 17.7. The monoisotopic (exact) mass is 502 g/mol. The fourth-order valence-electron chi connectivity index (χ4n) is 6.04. The van der Waals surface area contributed by atoms with Crippen LogP contribution in [0, 0.1) is 11.8 Å². The average molecular weight is 503 g/mol. The molecule has 6 N–H and O–H groups in total. The number of hydrogen-bond acceptors (Lipinski definition) is 9. The predicted octanol–water partition coefficient (Wildman–Crippen LogP) is 2.29. The van der Waals surface area contributed by atoms with E-state index in [4.69, 9.17) is 15.8 Å². The molecule has 0 radical (unpaired) electrons. The predicted molar refractivity (Wildman–Crippen MR) is 148 cm³/mol. The number of nitrogen functional groups attached to an aromatic ring is 1. The van der Waals surface area contributed by atoms with Crippen LogP contribution in [-0.2, 0) is 0 Å². The number of anilines is 3. The first-order valence-corrected chi connectivity index (χ1v) is 14.6. The Balaban J connectivity index is 1.08. The van der Waals surface area contributed by atoms with Crippen molar-refractivity contribution in [1.82, 2.24) is 25.5 Å². The van der Waals surface area contributed by atoms with Gasteiger partial charge in [0.1, 0.15) is 11.6 Å². The van der Waals surface area contributed by atoms with Crippen LogP contribution in [0.15, 0.2) is 6.07 Å². The van der Waals surface area contributed by atoms with Gasteiger partial charge in [0.15, 0.2) is 0 Å². The van der Waals surface area contributed by atoms with Gasteiger partial charge in [-0.2, -0.15) is 9.97 Å². The summed E-state index contributed by atoms with van der Waals surface area (Å²) in [4.78, 5) is 13.7. The molecule has 2 aliphatic carbocycles. The van der Waals surface area contributed by atoms with Crippen LogP contribution in [0.1, 0.15) is 64.2 Å². The number of piperazine rings is 1. The molecule has 2 heterocycles. The molecular formula is C27H50N8O. The van der Waals surface area contributed by atoms with Gasteiger partial charge in [-0.3, -0.25) is 4.90 Å². The minimum Gasteiger partial charge on any atom is -0.395 e. The Morgan fingerprint density at radius 2 is 1.61 bits per heavy atom. The maximum absolute atomic E-state index is 9.15. The molecule has 4 rings (SSSR count). The number of aromatic nitrogens is 2. The van der Waals surface area contributed by atoms with Crippen LogP contribution in [0.2, 0.25) is 0 Å². The van der Waals surface area contributed by atoms with Gasteiger partial charge in [-0.1, -0.05) is 19.3 Å². The van der Waals surface area contributed by atoms with Crippen molar-refractivity contribution in [1.29, 1.82) is 0 Å². The van der Waals surface area contributed by atoms with Crippen LogP contribution >= 0.6 is 0 Å². The fourth-order valence-corrected chi connectivity index (χ4v) is 6.04. The van der Waals surface area contributed by atoms with Crippen molar-refractivity contribution in [3.8, 4) is 0 Å². The van der Waals surface area contributed by atoms with E-state index in [0.717, 1.165) is 76.7 Å². The summed E-state index contributed by atoms with van der Waals surface area (Å²) >= 11 is 0. The van der Waals surface area contributed by atoms with Crippen molar-refractivity contribution in [3.05, 3.63) is 6.07 Å². The fraction of sp³-hybridized carbons (Fsp3) is 0.852. The quantitative estimate of drug-likeness (QED) is 0.259. The van der Waals surface area contributed by atoms with E-state index < -0.39 is 0 Å². The molecule has 3 aliphatic rings. The van der Waals surface area contributed by atoms with Gasteiger partial charge in [0.2, 0.25) is 5.95 Å².